The number of nitrogens with one attached hydrogen (secondary N) is 2. The van der Waals surface area contributed by atoms with Gasteiger partial charge in [0.25, 0.3) is 5.91 Å². The summed E-state index contributed by atoms with van der Waals surface area (Å²) in [5.41, 5.74) is 1.42. The van der Waals surface area contributed by atoms with Gasteiger partial charge in [-0.15, -0.1) is 0 Å². The number of carbonyl (C=O) groups is 1. The highest BCUT2D eigenvalue weighted by Gasteiger charge is 2.35. The van der Waals surface area contributed by atoms with Crippen LogP contribution in [0.2, 0.25) is 0 Å². The van der Waals surface area contributed by atoms with Crippen molar-refractivity contribution in [3.05, 3.63) is 53.9 Å². The van der Waals surface area contributed by atoms with Crippen LogP contribution in [-0.4, -0.2) is 55.5 Å². The van der Waals surface area contributed by atoms with Crippen molar-refractivity contribution >= 4 is 15.9 Å². The number of aliphatic hydroxyl groups excluding tert-OH is 1. The van der Waals surface area contributed by atoms with Crippen molar-refractivity contribution < 1.29 is 44.7 Å². The van der Waals surface area contributed by atoms with Crippen molar-refractivity contribution in [1.82, 2.24) is 15.0 Å². The lowest BCUT2D eigenvalue weighted by Crippen LogP contribution is -2.43. The molecule has 7 nitrogen and oxygen atoms in total. The molecular weight excluding hydrogens is 480 g/mol. The minimum absolute atomic E-state index is 0.152. The highest BCUT2D eigenvalue weighted by molar-refractivity contribution is 7.89. The summed E-state index contributed by atoms with van der Waals surface area (Å²) in [4.78, 5) is 15.0. The zero-order valence-corrected chi connectivity index (χ0v) is 17.5. The summed E-state index contributed by atoms with van der Waals surface area (Å²) in [6, 6.07) is 7.13. The van der Waals surface area contributed by atoms with Gasteiger partial charge >= 0.3 is 12.6 Å². The summed E-state index contributed by atoms with van der Waals surface area (Å²) in [6.07, 6.45) is -8.48. The largest absolute Gasteiger partial charge is 0.404 e. The molecule has 33 heavy (non-hydrogen) atoms. The zero-order valence-electron chi connectivity index (χ0n) is 16.7. The van der Waals surface area contributed by atoms with E-state index in [9.17, 15) is 44.7 Å². The Morgan fingerprint density at radius 2 is 1.67 bits per heavy atom. The number of aromatic nitrogens is 1. The van der Waals surface area contributed by atoms with E-state index in [0.717, 1.165) is 0 Å². The summed E-state index contributed by atoms with van der Waals surface area (Å²) < 4.78 is 99.0. The highest BCUT2D eigenvalue weighted by atomic mass is 32.2. The van der Waals surface area contributed by atoms with Crippen LogP contribution >= 0.6 is 0 Å². The standard InChI is InChI=1S/C19H19F6N3O4S/c20-7-15(28-18(30)17(21)22)16(29)12-3-1-11(2-4-12)13-5-6-14(26-8-13)9-27-33(31,32)10-19(23,24)25/h1-6,8,15-17,27,29H,7,9-10H2,(H,28,30). The first-order valence-electron chi connectivity index (χ1n) is 9.23. The van der Waals surface area contributed by atoms with E-state index in [1.54, 1.807) is 10.0 Å². The summed E-state index contributed by atoms with van der Waals surface area (Å²) in [5, 5.41) is 11.9. The Morgan fingerprint density at radius 1 is 1.06 bits per heavy atom. The van der Waals surface area contributed by atoms with Crippen LogP contribution in [0.15, 0.2) is 42.6 Å². The summed E-state index contributed by atoms with van der Waals surface area (Å²) >= 11 is 0. The van der Waals surface area contributed by atoms with E-state index in [4.69, 9.17) is 0 Å². The molecule has 0 aliphatic carbocycles. The van der Waals surface area contributed by atoms with Crippen molar-refractivity contribution in [1.29, 1.82) is 0 Å². The molecule has 2 rings (SSSR count). The lowest BCUT2D eigenvalue weighted by molar-refractivity contribution is -0.133. The minimum Gasteiger partial charge on any atom is -0.386 e. The first-order chi connectivity index (χ1) is 15.3. The molecule has 3 N–H and O–H groups in total. The molecule has 2 aromatic rings. The molecule has 0 aliphatic rings. The van der Waals surface area contributed by atoms with Crippen LogP contribution in [0, 0.1) is 0 Å². The minimum atomic E-state index is -4.87. The van der Waals surface area contributed by atoms with E-state index in [2.05, 4.69) is 4.98 Å². The fourth-order valence-corrected chi connectivity index (χ4v) is 3.60. The number of hydrogen-bond acceptors (Lipinski definition) is 5. The van der Waals surface area contributed by atoms with Gasteiger partial charge in [0.1, 0.15) is 12.8 Å². The fraction of sp³-hybridized carbons (Fsp3) is 0.368. The molecule has 1 heterocycles. The molecule has 2 unspecified atom stereocenters. The average Bonchev–Trinajstić information content (AvgIpc) is 2.74. The fourth-order valence-electron chi connectivity index (χ4n) is 2.70. The molecule has 0 saturated carbocycles. The molecule has 1 aromatic carbocycles. The molecule has 14 heteroatoms. The number of pyridine rings is 1. The smallest absolute Gasteiger partial charge is 0.386 e. The zero-order chi connectivity index (χ0) is 24.8. The van der Waals surface area contributed by atoms with Crippen LogP contribution in [0.3, 0.4) is 0 Å². The number of sulfonamides is 1. The third kappa shape index (κ3) is 8.29. The number of rotatable bonds is 10. The first kappa shape index (κ1) is 26.5. The second-order valence-corrected chi connectivity index (χ2v) is 8.68. The SMILES string of the molecule is O=C(NC(CF)C(O)c1ccc(-c2ccc(CNS(=O)(=O)CC(F)(F)F)nc2)cc1)C(F)F. The molecule has 1 amide bonds. The topological polar surface area (TPSA) is 108 Å². The van der Waals surface area contributed by atoms with Gasteiger partial charge in [0.05, 0.1) is 18.3 Å². The van der Waals surface area contributed by atoms with Crippen LogP contribution in [0.4, 0.5) is 26.3 Å². The van der Waals surface area contributed by atoms with Crippen molar-refractivity contribution in [3.63, 3.8) is 0 Å². The van der Waals surface area contributed by atoms with Gasteiger partial charge in [-0.3, -0.25) is 9.78 Å². The molecule has 0 bridgehead atoms. The van der Waals surface area contributed by atoms with E-state index in [1.807, 2.05) is 0 Å². The molecular formula is C19H19F6N3O4S. The van der Waals surface area contributed by atoms with Crippen molar-refractivity contribution in [3.8, 4) is 11.1 Å². The maximum atomic E-state index is 13.1. The Kier molecular flexibility index (Phi) is 8.80. The first-order valence-corrected chi connectivity index (χ1v) is 10.9. The van der Waals surface area contributed by atoms with E-state index in [-0.39, 0.29) is 11.3 Å². The number of alkyl halides is 6. The Balaban J connectivity index is 2.04. The number of carbonyl (C=O) groups excluding carboxylic acids is 1. The van der Waals surface area contributed by atoms with Crippen LogP contribution in [-0.2, 0) is 21.4 Å². The predicted octanol–water partition coefficient (Wildman–Crippen LogP) is 2.48. The quantitative estimate of drug-likeness (QED) is 0.436. The Morgan fingerprint density at radius 3 is 2.15 bits per heavy atom. The van der Waals surface area contributed by atoms with Gasteiger partial charge in [-0.05, 0) is 17.2 Å². The second kappa shape index (κ2) is 10.9. The van der Waals surface area contributed by atoms with Crippen LogP contribution in [0.25, 0.3) is 11.1 Å². The number of aliphatic hydroxyl groups is 1. The van der Waals surface area contributed by atoms with Crippen LogP contribution in [0.1, 0.15) is 17.4 Å². The van der Waals surface area contributed by atoms with Gasteiger partial charge in [0.2, 0.25) is 10.0 Å². The van der Waals surface area contributed by atoms with Crippen LogP contribution in [0.5, 0.6) is 0 Å². The number of amides is 1. The van der Waals surface area contributed by atoms with Crippen molar-refractivity contribution in [2.24, 2.45) is 0 Å². The lowest BCUT2D eigenvalue weighted by atomic mass is 9.99. The van der Waals surface area contributed by atoms with Crippen molar-refractivity contribution in [2.45, 2.75) is 31.3 Å². The lowest BCUT2D eigenvalue weighted by Gasteiger charge is -2.22. The van der Waals surface area contributed by atoms with Gasteiger partial charge in [0.15, 0.2) is 5.75 Å². The average molecular weight is 499 g/mol. The third-order valence-corrected chi connectivity index (χ3v) is 5.60. The molecule has 0 fully saturated rings. The van der Waals surface area contributed by atoms with Gasteiger partial charge in [-0.1, -0.05) is 30.3 Å². The molecule has 0 aliphatic heterocycles. The maximum Gasteiger partial charge on any atom is 0.404 e. The molecule has 2 atom stereocenters. The Hall–Kier alpha value is -2.71. The second-order valence-electron chi connectivity index (χ2n) is 6.87. The number of benzene rings is 1. The maximum absolute atomic E-state index is 13.1. The number of hydrogen-bond donors (Lipinski definition) is 3. The monoisotopic (exact) mass is 499 g/mol. The summed E-state index contributed by atoms with van der Waals surface area (Å²) in [5.74, 6) is -3.72. The van der Waals surface area contributed by atoms with Gasteiger partial charge in [0, 0.05) is 11.8 Å². The van der Waals surface area contributed by atoms with Crippen LogP contribution < -0.4 is 10.0 Å². The molecule has 0 spiro atoms. The van der Waals surface area contributed by atoms with E-state index < -0.39 is 59.7 Å². The third-order valence-electron chi connectivity index (χ3n) is 4.31. The van der Waals surface area contributed by atoms with Crippen molar-refractivity contribution in [2.75, 3.05) is 12.4 Å². The van der Waals surface area contributed by atoms with Gasteiger partial charge < -0.3 is 10.4 Å². The number of halogens is 6. The summed E-state index contributed by atoms with van der Waals surface area (Å²) in [6.45, 7) is -1.72. The normalized spacial score (nSPS) is 14.2. The number of nitrogens with zero attached hydrogens (tertiary/aromatic N) is 1. The molecule has 0 radical (unpaired) electrons. The van der Waals surface area contributed by atoms with Gasteiger partial charge in [-0.25, -0.2) is 17.5 Å². The highest BCUT2D eigenvalue weighted by Crippen LogP contribution is 2.24. The Labute approximate surface area is 184 Å². The van der Waals surface area contributed by atoms with E-state index in [0.29, 0.717) is 11.1 Å². The molecule has 1 aromatic heterocycles. The van der Waals surface area contributed by atoms with E-state index >= 15 is 0 Å². The molecule has 0 saturated heterocycles. The molecule has 182 valence electrons. The Bertz CT molecular complexity index is 1030. The summed E-state index contributed by atoms with van der Waals surface area (Å²) in [7, 11) is -4.57. The predicted molar refractivity (Wildman–Crippen MR) is 105 cm³/mol. The van der Waals surface area contributed by atoms with Gasteiger partial charge in [-0.2, -0.15) is 22.0 Å². The van der Waals surface area contributed by atoms with E-state index in [1.165, 1.54) is 42.6 Å².